The third kappa shape index (κ3) is 68.0. The van der Waals surface area contributed by atoms with Crippen molar-refractivity contribution in [3.8, 4) is 0 Å². The van der Waals surface area contributed by atoms with Gasteiger partial charge in [0.2, 0.25) is 0 Å². The van der Waals surface area contributed by atoms with Gasteiger partial charge >= 0.3 is 17.9 Å². The summed E-state index contributed by atoms with van der Waals surface area (Å²) in [6.45, 7) is 6.67. The topological polar surface area (TPSA) is 78.9 Å². The highest BCUT2D eigenvalue weighted by Crippen LogP contribution is 2.18. The highest BCUT2D eigenvalue weighted by molar-refractivity contribution is 5.71. The Morgan fingerprint density at radius 1 is 0.247 bits per heavy atom. The number of unbranched alkanes of at least 4 members (excludes halogenated alkanes) is 48. The monoisotopic (exact) mass is 1140 g/mol. The lowest BCUT2D eigenvalue weighted by Crippen LogP contribution is -2.30. The number of hydrogen-bond donors (Lipinski definition) is 0. The lowest BCUT2D eigenvalue weighted by molar-refractivity contribution is -0.167. The molecule has 0 aromatic rings. The van der Waals surface area contributed by atoms with E-state index in [1.165, 1.54) is 276 Å². The number of ether oxygens (including phenoxy) is 3. The summed E-state index contributed by atoms with van der Waals surface area (Å²) in [5, 5.41) is 0. The van der Waals surface area contributed by atoms with Crippen LogP contribution in [0.4, 0.5) is 0 Å². The third-order valence-electron chi connectivity index (χ3n) is 16.3. The Morgan fingerprint density at radius 2 is 0.444 bits per heavy atom. The van der Waals surface area contributed by atoms with Crippen molar-refractivity contribution in [2.45, 2.75) is 399 Å². The Kier molecular flexibility index (Phi) is 67.6. The number of allylic oxidation sites excluding steroid dienone is 8. The van der Waals surface area contributed by atoms with Crippen LogP contribution in [0.15, 0.2) is 48.6 Å². The first-order valence-corrected chi connectivity index (χ1v) is 36.1. The standard InChI is InChI=1S/C75H138O6/c1-4-7-10-13-16-19-22-25-27-29-31-33-35-37-38-39-41-42-44-46-48-50-53-56-59-62-65-68-74(77)80-71-72(70-79-73(76)67-64-61-58-55-52-24-21-18-15-12-9-6-3)81-75(78)69-66-63-60-57-54-51-49-47-45-43-40-36-34-32-30-28-26-23-20-17-14-11-8-5-2/h18,21-22,25,29,31,35,37,72H,4-17,19-20,23-24,26-28,30,32-34,36,38-71H2,1-3H3/b21-18-,25-22-,31-29-,37-35-. The molecule has 0 aliphatic carbocycles. The van der Waals surface area contributed by atoms with Crippen LogP contribution < -0.4 is 0 Å². The van der Waals surface area contributed by atoms with E-state index in [1.54, 1.807) is 0 Å². The van der Waals surface area contributed by atoms with E-state index < -0.39 is 6.10 Å². The maximum Gasteiger partial charge on any atom is 0.306 e. The van der Waals surface area contributed by atoms with Crippen molar-refractivity contribution in [2.24, 2.45) is 0 Å². The molecular weight excluding hydrogens is 997 g/mol. The molecule has 474 valence electrons. The average molecular weight is 1140 g/mol. The Morgan fingerprint density at radius 3 is 0.728 bits per heavy atom. The number of esters is 3. The molecule has 81 heavy (non-hydrogen) atoms. The van der Waals surface area contributed by atoms with Crippen LogP contribution in [0.5, 0.6) is 0 Å². The summed E-state index contributed by atoms with van der Waals surface area (Å²) >= 11 is 0. The Hall–Kier alpha value is -2.63. The zero-order valence-electron chi connectivity index (χ0n) is 54.6. The maximum absolute atomic E-state index is 13.0. The van der Waals surface area contributed by atoms with Crippen molar-refractivity contribution in [3.63, 3.8) is 0 Å². The van der Waals surface area contributed by atoms with Crippen LogP contribution in [0.25, 0.3) is 0 Å². The van der Waals surface area contributed by atoms with Gasteiger partial charge in [-0.3, -0.25) is 14.4 Å². The third-order valence-corrected chi connectivity index (χ3v) is 16.3. The van der Waals surface area contributed by atoms with Crippen LogP contribution in [-0.4, -0.2) is 37.2 Å². The van der Waals surface area contributed by atoms with Gasteiger partial charge in [-0.2, -0.15) is 0 Å². The summed E-state index contributed by atoms with van der Waals surface area (Å²) in [4.78, 5) is 38.4. The largest absolute Gasteiger partial charge is 0.462 e. The molecule has 0 aromatic carbocycles. The van der Waals surface area contributed by atoms with Gasteiger partial charge in [0.1, 0.15) is 13.2 Å². The van der Waals surface area contributed by atoms with E-state index in [9.17, 15) is 14.4 Å². The molecule has 0 spiro atoms. The van der Waals surface area contributed by atoms with Gasteiger partial charge in [0.05, 0.1) is 0 Å². The molecular formula is C75H138O6. The molecule has 1 atom stereocenters. The van der Waals surface area contributed by atoms with Crippen molar-refractivity contribution in [3.05, 3.63) is 48.6 Å². The van der Waals surface area contributed by atoms with Gasteiger partial charge in [0, 0.05) is 19.3 Å². The van der Waals surface area contributed by atoms with Crippen LogP contribution >= 0.6 is 0 Å². The summed E-state index contributed by atoms with van der Waals surface area (Å²) in [7, 11) is 0. The van der Waals surface area contributed by atoms with Crippen molar-refractivity contribution in [2.75, 3.05) is 13.2 Å². The summed E-state index contributed by atoms with van der Waals surface area (Å²) in [5.74, 6) is -0.857. The fraction of sp³-hybridized carbons (Fsp3) is 0.853. The summed E-state index contributed by atoms with van der Waals surface area (Å²) < 4.78 is 17.0. The smallest absolute Gasteiger partial charge is 0.306 e. The number of carbonyl (C=O) groups excluding carboxylic acids is 3. The highest BCUT2D eigenvalue weighted by atomic mass is 16.6. The molecule has 1 unspecified atom stereocenters. The van der Waals surface area contributed by atoms with E-state index in [4.69, 9.17) is 14.2 Å². The average Bonchev–Trinajstić information content (AvgIpc) is 3.47. The molecule has 0 aliphatic heterocycles. The molecule has 0 N–H and O–H groups in total. The molecule has 6 heteroatoms. The molecule has 0 amide bonds. The van der Waals surface area contributed by atoms with Gasteiger partial charge in [0.25, 0.3) is 0 Å². The first-order valence-electron chi connectivity index (χ1n) is 36.1. The molecule has 0 saturated carbocycles. The predicted octanol–water partition coefficient (Wildman–Crippen LogP) is 24.9. The van der Waals surface area contributed by atoms with E-state index in [1.807, 2.05) is 0 Å². The highest BCUT2D eigenvalue weighted by Gasteiger charge is 2.19. The normalized spacial score (nSPS) is 12.3. The second kappa shape index (κ2) is 69.9. The zero-order valence-corrected chi connectivity index (χ0v) is 54.6. The van der Waals surface area contributed by atoms with E-state index in [0.29, 0.717) is 19.3 Å². The van der Waals surface area contributed by atoms with Gasteiger partial charge in [0.15, 0.2) is 6.10 Å². The van der Waals surface area contributed by atoms with Crippen molar-refractivity contribution >= 4 is 17.9 Å². The van der Waals surface area contributed by atoms with Gasteiger partial charge in [-0.25, -0.2) is 0 Å². The van der Waals surface area contributed by atoms with Crippen molar-refractivity contribution in [1.29, 1.82) is 0 Å². The molecule has 0 radical (unpaired) electrons. The number of rotatable bonds is 67. The van der Waals surface area contributed by atoms with E-state index in [2.05, 4.69) is 69.4 Å². The first kappa shape index (κ1) is 78.4. The van der Waals surface area contributed by atoms with Gasteiger partial charge in [-0.1, -0.05) is 339 Å². The molecule has 0 fully saturated rings. The Labute approximate surface area is 505 Å². The number of hydrogen-bond acceptors (Lipinski definition) is 6. The quantitative estimate of drug-likeness (QED) is 0.0261. The predicted molar refractivity (Wildman–Crippen MR) is 353 cm³/mol. The fourth-order valence-electron chi connectivity index (χ4n) is 10.9. The van der Waals surface area contributed by atoms with Gasteiger partial charge in [-0.05, 0) is 83.5 Å². The number of carbonyl (C=O) groups is 3. The van der Waals surface area contributed by atoms with Gasteiger partial charge < -0.3 is 14.2 Å². The Balaban J connectivity index is 4.21. The fourth-order valence-corrected chi connectivity index (χ4v) is 10.9. The van der Waals surface area contributed by atoms with Crippen molar-refractivity contribution in [1.82, 2.24) is 0 Å². The van der Waals surface area contributed by atoms with Crippen LogP contribution in [0.2, 0.25) is 0 Å². The van der Waals surface area contributed by atoms with Crippen molar-refractivity contribution < 1.29 is 28.6 Å². The van der Waals surface area contributed by atoms with Crippen LogP contribution in [0.1, 0.15) is 393 Å². The minimum Gasteiger partial charge on any atom is -0.462 e. The van der Waals surface area contributed by atoms with Crippen LogP contribution in [0.3, 0.4) is 0 Å². The molecule has 0 aliphatic rings. The molecule has 0 rings (SSSR count). The first-order chi connectivity index (χ1) is 40.0. The van der Waals surface area contributed by atoms with E-state index in [-0.39, 0.29) is 31.1 Å². The molecule has 0 saturated heterocycles. The summed E-state index contributed by atoms with van der Waals surface area (Å²) in [6, 6.07) is 0. The van der Waals surface area contributed by atoms with Crippen LogP contribution in [0, 0.1) is 0 Å². The van der Waals surface area contributed by atoms with E-state index >= 15 is 0 Å². The molecule has 6 nitrogen and oxygen atoms in total. The SMILES string of the molecule is CCCCC/C=C\CCCCCCCC(=O)OCC(COC(=O)CCCCCCCCCCCCCC/C=C\C/C=C\C/C=C\CCCCCCC)OC(=O)CCCCCCCCCCCCCCCCCCCCCCCCCC. The lowest BCUT2D eigenvalue weighted by Gasteiger charge is -2.18. The minimum atomic E-state index is -0.776. The Bertz CT molecular complexity index is 1400. The molecule has 0 bridgehead atoms. The maximum atomic E-state index is 13.0. The summed E-state index contributed by atoms with van der Waals surface area (Å²) in [5.41, 5.74) is 0. The molecule has 0 heterocycles. The minimum absolute atomic E-state index is 0.0724. The zero-order chi connectivity index (χ0) is 58.5. The lowest BCUT2D eigenvalue weighted by atomic mass is 10.0. The second-order valence-corrected chi connectivity index (χ2v) is 24.5. The second-order valence-electron chi connectivity index (χ2n) is 24.5. The van der Waals surface area contributed by atoms with Gasteiger partial charge in [-0.15, -0.1) is 0 Å². The summed E-state index contributed by atoms with van der Waals surface area (Å²) in [6.07, 6.45) is 88.6. The molecule has 0 aromatic heterocycles. The van der Waals surface area contributed by atoms with Crippen LogP contribution in [-0.2, 0) is 28.6 Å². The van der Waals surface area contributed by atoms with E-state index in [0.717, 1.165) is 77.0 Å².